The maximum Gasteiger partial charge on any atom is 0.0101 e. The highest BCUT2D eigenvalue weighted by Crippen LogP contribution is 2.70. The van der Waals surface area contributed by atoms with Crippen molar-refractivity contribution in [3.63, 3.8) is 0 Å². The molecule has 5 unspecified atom stereocenters. The Morgan fingerprint density at radius 1 is 0.471 bits per heavy atom. The number of rotatable bonds is 10. The van der Waals surface area contributed by atoms with Crippen LogP contribution < -0.4 is 0 Å². The van der Waals surface area contributed by atoms with Crippen LogP contribution in [0.4, 0.5) is 0 Å². The first-order chi connectivity index (χ1) is 25.2. The molecule has 290 valence electrons. The predicted octanol–water partition coefficient (Wildman–Crippen LogP) is 14.7. The minimum absolute atomic E-state index is 0.677. The summed E-state index contributed by atoms with van der Waals surface area (Å²) in [5.74, 6) is 10.4. The predicted molar refractivity (Wildman–Crippen MR) is 219 cm³/mol. The molecule has 0 spiro atoms. The molecule has 8 aliphatic carbocycles. The van der Waals surface area contributed by atoms with Crippen molar-refractivity contribution < 1.29 is 0 Å². The van der Waals surface area contributed by atoms with E-state index in [2.05, 4.69) is 24.5 Å². The normalized spacial score (nSPS) is 44.0. The average Bonchev–Trinajstić information content (AvgIpc) is 3.46. The molecule has 8 saturated carbocycles. The minimum Gasteiger partial charge on any atom is -0.294 e. The molecule has 0 aromatic carbocycles. The summed E-state index contributed by atoms with van der Waals surface area (Å²) >= 11 is 0. The first-order valence-corrected chi connectivity index (χ1v) is 24.6. The van der Waals surface area contributed by atoms with E-state index in [0.29, 0.717) is 5.41 Å². The number of nitrogens with zero attached hydrogens (tertiary/aromatic N) is 1. The van der Waals surface area contributed by atoms with E-state index >= 15 is 0 Å². The van der Waals surface area contributed by atoms with Gasteiger partial charge in [0, 0.05) is 18.1 Å². The van der Waals surface area contributed by atoms with Crippen LogP contribution in [0.25, 0.3) is 0 Å². The summed E-state index contributed by atoms with van der Waals surface area (Å²) in [6.07, 6.45) is 53.0. The summed E-state index contributed by atoms with van der Waals surface area (Å²) in [6, 6.07) is 2.77. The molecule has 8 fully saturated rings. The van der Waals surface area contributed by atoms with Gasteiger partial charge in [0.1, 0.15) is 0 Å². The molecule has 5 atom stereocenters. The Morgan fingerprint density at radius 3 is 1.47 bits per heavy atom. The summed E-state index contributed by atoms with van der Waals surface area (Å²) < 4.78 is 0. The summed E-state index contributed by atoms with van der Waals surface area (Å²) in [4.78, 5) is 3.28. The Labute approximate surface area is 318 Å². The van der Waals surface area contributed by atoms with Gasteiger partial charge in [-0.2, -0.15) is 0 Å². The SMILES string of the molecule is C=CCCC1C2CCCCC2C(C2CCCCC2)(C2CCC(C3CCC(N(C4CCCCC4)C4CCC(C5CCCCC5)CC4)CC3)CC2)C1C. The maximum atomic E-state index is 4.20. The van der Waals surface area contributed by atoms with E-state index < -0.39 is 0 Å². The van der Waals surface area contributed by atoms with Crippen LogP contribution in [0.1, 0.15) is 219 Å². The van der Waals surface area contributed by atoms with Crippen molar-refractivity contribution in [3.05, 3.63) is 12.7 Å². The minimum atomic E-state index is 0.677. The van der Waals surface area contributed by atoms with Gasteiger partial charge in [0.05, 0.1) is 0 Å². The van der Waals surface area contributed by atoms with E-state index in [1.54, 1.807) is 116 Å². The summed E-state index contributed by atoms with van der Waals surface area (Å²) in [6.45, 7) is 7.02. The van der Waals surface area contributed by atoms with Crippen molar-refractivity contribution >= 4 is 0 Å². The second-order valence-electron chi connectivity index (χ2n) is 21.1. The van der Waals surface area contributed by atoms with Crippen molar-refractivity contribution in [2.45, 2.75) is 237 Å². The molecule has 0 heterocycles. The second kappa shape index (κ2) is 17.7. The first kappa shape index (κ1) is 37.6. The van der Waals surface area contributed by atoms with Gasteiger partial charge in [0.2, 0.25) is 0 Å². The Morgan fingerprint density at radius 2 is 0.902 bits per heavy atom. The van der Waals surface area contributed by atoms with Gasteiger partial charge in [-0.15, -0.1) is 6.58 Å². The Bertz CT molecular complexity index is 1040. The van der Waals surface area contributed by atoms with Gasteiger partial charge in [-0.1, -0.05) is 96.5 Å². The fourth-order valence-electron chi connectivity index (χ4n) is 17.1. The van der Waals surface area contributed by atoms with E-state index in [9.17, 15) is 0 Å². The summed E-state index contributed by atoms with van der Waals surface area (Å²) in [7, 11) is 0. The van der Waals surface area contributed by atoms with Gasteiger partial charge < -0.3 is 0 Å². The van der Waals surface area contributed by atoms with E-state index in [0.717, 1.165) is 77.3 Å². The van der Waals surface area contributed by atoms with Gasteiger partial charge >= 0.3 is 0 Å². The zero-order chi connectivity index (χ0) is 34.6. The fourth-order valence-corrected chi connectivity index (χ4v) is 17.1. The topological polar surface area (TPSA) is 3.24 Å². The zero-order valence-electron chi connectivity index (χ0n) is 34.1. The molecule has 0 amide bonds. The highest BCUT2D eigenvalue weighted by molar-refractivity contribution is 5.12. The maximum absolute atomic E-state index is 4.20. The molecular weight excluding hydrogens is 615 g/mol. The van der Waals surface area contributed by atoms with Crippen LogP contribution in [0.5, 0.6) is 0 Å². The lowest BCUT2D eigenvalue weighted by atomic mass is 9.49. The van der Waals surface area contributed by atoms with Crippen LogP contribution >= 0.6 is 0 Å². The number of hydrogen-bond donors (Lipinski definition) is 0. The lowest BCUT2D eigenvalue weighted by Crippen LogP contribution is -2.53. The van der Waals surface area contributed by atoms with Crippen LogP contribution in [0.15, 0.2) is 12.7 Å². The monoisotopic (exact) mass is 700 g/mol. The van der Waals surface area contributed by atoms with Crippen LogP contribution in [-0.4, -0.2) is 23.0 Å². The van der Waals surface area contributed by atoms with E-state index in [4.69, 9.17) is 0 Å². The highest BCUT2D eigenvalue weighted by Gasteiger charge is 2.63. The zero-order valence-corrected chi connectivity index (χ0v) is 34.1. The molecule has 1 nitrogen and oxygen atoms in total. The smallest absolute Gasteiger partial charge is 0.0101 e. The Kier molecular flexibility index (Phi) is 13.0. The van der Waals surface area contributed by atoms with Crippen LogP contribution in [-0.2, 0) is 0 Å². The lowest BCUT2D eigenvalue weighted by Gasteiger charge is -2.56. The third-order valence-corrected chi connectivity index (χ3v) is 19.2. The van der Waals surface area contributed by atoms with Gasteiger partial charge in [0.15, 0.2) is 0 Å². The van der Waals surface area contributed by atoms with E-state index in [1.807, 2.05) is 0 Å². The van der Waals surface area contributed by atoms with Crippen molar-refractivity contribution in [2.24, 2.45) is 64.6 Å². The third kappa shape index (κ3) is 7.76. The molecule has 0 aliphatic heterocycles. The fraction of sp³-hybridized carbons (Fsp3) is 0.960. The molecule has 0 saturated heterocycles. The first-order valence-electron chi connectivity index (χ1n) is 24.6. The van der Waals surface area contributed by atoms with Crippen LogP contribution in [0.3, 0.4) is 0 Å². The van der Waals surface area contributed by atoms with Crippen molar-refractivity contribution in [1.29, 1.82) is 0 Å². The van der Waals surface area contributed by atoms with Crippen molar-refractivity contribution in [3.8, 4) is 0 Å². The molecule has 51 heavy (non-hydrogen) atoms. The van der Waals surface area contributed by atoms with Crippen molar-refractivity contribution in [2.75, 3.05) is 0 Å². The molecule has 1 heteroatoms. The van der Waals surface area contributed by atoms with Crippen LogP contribution in [0.2, 0.25) is 0 Å². The van der Waals surface area contributed by atoms with Gasteiger partial charge in [-0.25, -0.2) is 0 Å². The molecule has 8 rings (SSSR count). The molecule has 0 aromatic rings. The van der Waals surface area contributed by atoms with E-state index in [1.165, 1.54) is 96.3 Å². The molecule has 0 radical (unpaired) electrons. The lowest BCUT2D eigenvalue weighted by molar-refractivity contribution is -0.0723. The van der Waals surface area contributed by atoms with Gasteiger partial charge in [-0.3, -0.25) is 4.90 Å². The quantitative estimate of drug-likeness (QED) is 0.205. The van der Waals surface area contributed by atoms with Gasteiger partial charge in [0.25, 0.3) is 0 Å². The molecule has 0 aromatic heterocycles. The van der Waals surface area contributed by atoms with Crippen LogP contribution in [0, 0.1) is 64.6 Å². The number of fused-ring (bicyclic) bond motifs is 1. The molecule has 8 aliphatic rings. The highest BCUT2D eigenvalue weighted by atomic mass is 15.2. The Hall–Kier alpha value is -0.300. The molecule has 0 N–H and O–H groups in total. The van der Waals surface area contributed by atoms with Gasteiger partial charge in [-0.05, 0) is 193 Å². The van der Waals surface area contributed by atoms with E-state index in [-0.39, 0.29) is 0 Å². The third-order valence-electron chi connectivity index (χ3n) is 19.2. The number of hydrogen-bond acceptors (Lipinski definition) is 1. The second-order valence-corrected chi connectivity index (χ2v) is 21.1. The summed E-state index contributed by atoms with van der Waals surface area (Å²) in [5, 5.41) is 0. The molecule has 0 bridgehead atoms. The average molecular weight is 700 g/mol. The Balaban J connectivity index is 0.907. The molecular formula is C50H85N. The van der Waals surface area contributed by atoms with Crippen molar-refractivity contribution in [1.82, 2.24) is 4.90 Å². The number of allylic oxidation sites excluding steroid dienone is 1. The summed E-state index contributed by atoms with van der Waals surface area (Å²) in [5.41, 5.74) is 0.677. The standard InChI is InChI=1S/C50H85N/c1-3-4-22-47-37(2)50(42-18-10-6-11-19-42,49-24-15-14-23-48(47)49)43-31-25-39(26-32-43)41-29-35-46(36-30-41)51(44-20-12-7-13-21-44)45-33-27-40(28-34-45)38-16-8-5-9-17-38/h3,37-49H,1,4-36H2,2H3. The largest absolute Gasteiger partial charge is 0.294 e.